The van der Waals surface area contributed by atoms with E-state index in [1.54, 1.807) is 6.07 Å². The van der Waals surface area contributed by atoms with Crippen molar-refractivity contribution in [1.29, 1.82) is 5.26 Å². The molecule has 0 aromatic heterocycles. The van der Waals surface area contributed by atoms with E-state index in [-0.39, 0.29) is 4.90 Å². The van der Waals surface area contributed by atoms with E-state index in [1.165, 1.54) is 13.0 Å². The average Bonchev–Trinajstić information content (AvgIpc) is 2.16. The molecule has 2 nitrogen and oxygen atoms in total. The molecule has 0 aliphatic rings. The molecule has 0 aliphatic heterocycles. The molecular weight excluding hydrogens is 239 g/mol. The minimum atomic E-state index is -4.55. The molecule has 0 N–H and O–H groups in total. The van der Waals surface area contributed by atoms with Gasteiger partial charge in [0.2, 0.25) is 0 Å². The number of nitrogens with zero attached hydrogens (tertiary/aromatic N) is 1. The van der Waals surface area contributed by atoms with E-state index in [2.05, 4.69) is 0 Å². The molecule has 0 fully saturated rings. The van der Waals surface area contributed by atoms with Crippen LogP contribution in [0.25, 0.3) is 0 Å². The number of hydrogen-bond donors (Lipinski definition) is 0. The molecule has 0 spiro atoms. The predicted molar refractivity (Wildman–Crippen MR) is 53.1 cm³/mol. The Morgan fingerprint density at radius 2 is 2.06 bits per heavy atom. The van der Waals surface area contributed by atoms with Crippen LogP contribution in [0, 0.1) is 18.3 Å². The topological polar surface area (TPSA) is 46.8 Å². The Bertz CT molecular complexity index is 425. The minimum Gasteiger partial charge on any atom is -0.611 e. The summed E-state index contributed by atoms with van der Waals surface area (Å²) < 4.78 is 49.2. The summed E-state index contributed by atoms with van der Waals surface area (Å²) in [4.78, 5) is -0.334. The first-order valence-electron chi connectivity index (χ1n) is 4.29. The van der Waals surface area contributed by atoms with Gasteiger partial charge in [-0.2, -0.15) is 18.4 Å². The fourth-order valence-electron chi connectivity index (χ4n) is 1.20. The average molecular weight is 247 g/mol. The Morgan fingerprint density at radius 1 is 1.44 bits per heavy atom. The second-order valence-corrected chi connectivity index (χ2v) is 4.56. The smallest absolute Gasteiger partial charge is 0.421 e. The van der Waals surface area contributed by atoms with Crippen molar-refractivity contribution < 1.29 is 17.7 Å². The maximum atomic E-state index is 12.6. The zero-order valence-electron chi connectivity index (χ0n) is 8.34. The van der Waals surface area contributed by atoms with Crippen LogP contribution >= 0.6 is 0 Å². The standard InChI is InChI=1S/C10H8F3NOS/c1-7-2-3-9(16(15)5-4-14)8(6-7)10(11,12)13/h2-3,6H,5H2,1H3. The van der Waals surface area contributed by atoms with Crippen molar-refractivity contribution in [3.63, 3.8) is 0 Å². The lowest BCUT2D eigenvalue weighted by atomic mass is 10.1. The second-order valence-electron chi connectivity index (χ2n) is 3.15. The summed E-state index contributed by atoms with van der Waals surface area (Å²) in [7, 11) is 0. The monoisotopic (exact) mass is 247 g/mol. The SMILES string of the molecule is Cc1ccc([S+]([O-])CC#N)c(C(F)(F)F)c1. The normalized spacial score (nSPS) is 13.2. The quantitative estimate of drug-likeness (QED) is 0.754. The van der Waals surface area contributed by atoms with E-state index in [4.69, 9.17) is 5.26 Å². The van der Waals surface area contributed by atoms with Crippen LogP contribution in [0.4, 0.5) is 13.2 Å². The fraction of sp³-hybridized carbons (Fsp3) is 0.300. The highest BCUT2D eigenvalue weighted by Gasteiger charge is 2.37. The molecule has 0 radical (unpaired) electrons. The van der Waals surface area contributed by atoms with E-state index in [9.17, 15) is 17.7 Å². The van der Waals surface area contributed by atoms with Gasteiger partial charge in [0.1, 0.15) is 11.6 Å². The second kappa shape index (κ2) is 4.76. The zero-order chi connectivity index (χ0) is 12.3. The third kappa shape index (κ3) is 2.90. The lowest BCUT2D eigenvalue weighted by Crippen LogP contribution is -2.15. The summed E-state index contributed by atoms with van der Waals surface area (Å²) in [5.41, 5.74) is -0.494. The van der Waals surface area contributed by atoms with E-state index in [0.717, 1.165) is 12.1 Å². The van der Waals surface area contributed by atoms with Gasteiger partial charge in [-0.15, -0.1) is 0 Å². The molecular formula is C10H8F3NOS. The van der Waals surface area contributed by atoms with Crippen LogP contribution in [0.3, 0.4) is 0 Å². The number of alkyl halides is 3. The fourth-order valence-corrected chi connectivity index (χ4v) is 2.11. The van der Waals surface area contributed by atoms with Crippen LogP contribution < -0.4 is 0 Å². The minimum absolute atomic E-state index is 0.334. The summed E-state index contributed by atoms with van der Waals surface area (Å²) in [6.07, 6.45) is -4.55. The molecule has 1 atom stereocenters. The van der Waals surface area contributed by atoms with Crippen molar-refractivity contribution in [2.24, 2.45) is 0 Å². The van der Waals surface area contributed by atoms with Crippen LogP contribution in [0.1, 0.15) is 11.1 Å². The van der Waals surface area contributed by atoms with Gasteiger partial charge in [0.25, 0.3) is 0 Å². The first-order chi connectivity index (χ1) is 7.36. The first-order valence-corrected chi connectivity index (χ1v) is 5.61. The van der Waals surface area contributed by atoms with Gasteiger partial charge in [0.15, 0.2) is 10.6 Å². The van der Waals surface area contributed by atoms with E-state index < -0.39 is 28.7 Å². The summed E-state index contributed by atoms with van der Waals surface area (Å²) in [5.74, 6) is -0.438. The number of nitriles is 1. The molecule has 1 unspecified atom stereocenters. The molecule has 6 heteroatoms. The van der Waals surface area contributed by atoms with Crippen LogP contribution in [-0.2, 0) is 17.4 Å². The number of halogens is 3. The van der Waals surface area contributed by atoms with Crippen molar-refractivity contribution in [3.8, 4) is 6.07 Å². The lowest BCUT2D eigenvalue weighted by Gasteiger charge is -2.14. The highest BCUT2D eigenvalue weighted by molar-refractivity contribution is 7.91. The van der Waals surface area contributed by atoms with Gasteiger partial charge in [-0.25, -0.2) is 0 Å². The predicted octanol–water partition coefficient (Wildman–Crippen LogP) is 2.65. The van der Waals surface area contributed by atoms with Crippen LogP contribution in [0.5, 0.6) is 0 Å². The Kier molecular flexibility index (Phi) is 3.83. The molecule has 1 rings (SSSR count). The van der Waals surface area contributed by atoms with Crippen molar-refractivity contribution >= 4 is 11.2 Å². The summed E-state index contributed by atoms with van der Waals surface area (Å²) in [5, 5.41) is 8.32. The maximum Gasteiger partial charge on any atom is 0.421 e. The molecule has 0 heterocycles. The Labute approximate surface area is 93.9 Å². The molecule has 86 valence electrons. The number of rotatable bonds is 2. The third-order valence-corrected chi connectivity index (χ3v) is 3.12. The van der Waals surface area contributed by atoms with E-state index >= 15 is 0 Å². The molecule has 1 aromatic rings. The van der Waals surface area contributed by atoms with Gasteiger partial charge in [-0.3, -0.25) is 0 Å². The van der Waals surface area contributed by atoms with Crippen molar-refractivity contribution in [2.45, 2.75) is 18.0 Å². The lowest BCUT2D eigenvalue weighted by molar-refractivity contribution is -0.139. The van der Waals surface area contributed by atoms with Crippen molar-refractivity contribution in [3.05, 3.63) is 29.3 Å². The Hall–Kier alpha value is -1.19. The largest absolute Gasteiger partial charge is 0.611 e. The molecule has 0 aliphatic carbocycles. The molecule has 16 heavy (non-hydrogen) atoms. The molecule has 1 aromatic carbocycles. The van der Waals surface area contributed by atoms with Gasteiger partial charge in [-0.1, -0.05) is 11.6 Å². The van der Waals surface area contributed by atoms with Crippen LogP contribution in [-0.4, -0.2) is 10.3 Å². The highest BCUT2D eigenvalue weighted by Crippen LogP contribution is 2.35. The van der Waals surface area contributed by atoms with Gasteiger partial charge >= 0.3 is 6.18 Å². The zero-order valence-corrected chi connectivity index (χ0v) is 9.15. The van der Waals surface area contributed by atoms with E-state index in [0.29, 0.717) is 5.56 Å². The summed E-state index contributed by atoms with van der Waals surface area (Å²) in [6, 6.07) is 5.13. The first kappa shape index (κ1) is 12.9. The molecule has 0 bridgehead atoms. The van der Waals surface area contributed by atoms with Crippen molar-refractivity contribution in [2.75, 3.05) is 5.75 Å². The number of aryl methyl sites for hydroxylation is 1. The Balaban J connectivity index is 3.24. The maximum absolute atomic E-state index is 12.6. The molecule has 0 amide bonds. The van der Waals surface area contributed by atoms with E-state index in [1.807, 2.05) is 0 Å². The third-order valence-electron chi connectivity index (χ3n) is 1.88. The van der Waals surface area contributed by atoms with Gasteiger partial charge in [0, 0.05) is 11.2 Å². The highest BCUT2D eigenvalue weighted by atomic mass is 32.2. The van der Waals surface area contributed by atoms with Gasteiger partial charge in [0.05, 0.1) is 0 Å². The molecule has 0 saturated carbocycles. The summed E-state index contributed by atoms with van der Waals surface area (Å²) >= 11 is -1.93. The van der Waals surface area contributed by atoms with Crippen molar-refractivity contribution in [1.82, 2.24) is 0 Å². The van der Waals surface area contributed by atoms with Crippen LogP contribution in [0.2, 0.25) is 0 Å². The van der Waals surface area contributed by atoms with Gasteiger partial charge < -0.3 is 4.55 Å². The number of benzene rings is 1. The van der Waals surface area contributed by atoms with Crippen LogP contribution in [0.15, 0.2) is 23.1 Å². The molecule has 0 saturated heterocycles. The number of hydrogen-bond acceptors (Lipinski definition) is 2. The summed E-state index contributed by atoms with van der Waals surface area (Å²) in [6.45, 7) is 1.52. The Morgan fingerprint density at radius 3 is 2.56 bits per heavy atom. The van der Waals surface area contributed by atoms with Gasteiger partial charge in [-0.05, 0) is 19.1 Å².